The van der Waals surface area contributed by atoms with Crippen LogP contribution >= 0.6 is 9.03 Å². The van der Waals surface area contributed by atoms with E-state index >= 15 is 0 Å². The van der Waals surface area contributed by atoms with Crippen LogP contribution in [0.5, 0.6) is 0 Å². The van der Waals surface area contributed by atoms with E-state index in [0.29, 0.717) is 0 Å². The average Bonchev–Trinajstić information content (AvgIpc) is 2.91. The monoisotopic (exact) mass is 1140 g/mol. The normalized spacial score (nSPS) is 12.8. The summed E-state index contributed by atoms with van der Waals surface area (Å²) in [6.07, 6.45) is 0.163. The zero-order chi connectivity index (χ0) is 42.8. The minimum absolute atomic E-state index is 0. The summed E-state index contributed by atoms with van der Waals surface area (Å²) < 4.78 is 39.3. The van der Waals surface area contributed by atoms with Crippen LogP contribution in [0.1, 0.15) is 110 Å². The van der Waals surface area contributed by atoms with Crippen LogP contribution < -0.4 is 0 Å². The van der Waals surface area contributed by atoms with Gasteiger partial charge in [-0.05, 0) is 104 Å². The zero-order valence-corrected chi connectivity index (χ0v) is 46.9. The number of ether oxygens (including phenoxy) is 5. The Bertz CT molecular complexity index is 1230. The van der Waals surface area contributed by atoms with E-state index in [1.165, 1.54) is 0 Å². The van der Waals surface area contributed by atoms with E-state index in [9.17, 15) is 24.0 Å². The molecule has 2 radical (unpaired) electrons. The van der Waals surface area contributed by atoms with Gasteiger partial charge in [0.25, 0.3) is 0 Å². The molecule has 0 bridgehead atoms. The van der Waals surface area contributed by atoms with E-state index in [0.717, 1.165) is 0 Å². The van der Waals surface area contributed by atoms with Crippen molar-refractivity contribution in [3.63, 3.8) is 0 Å². The molecule has 16 nitrogen and oxygen atoms in total. The van der Waals surface area contributed by atoms with Gasteiger partial charge >= 0.3 is 29.8 Å². The molecule has 0 aromatic carbocycles. The molecule has 0 aliphatic carbocycles. The summed E-state index contributed by atoms with van der Waals surface area (Å²) in [5, 5.41) is 8.88. The Balaban J connectivity index is -0.00000486. The second-order valence-corrected chi connectivity index (χ2v) is 18.8. The number of carbonyl (C=O) groups is 5. The first-order valence-corrected chi connectivity index (χ1v) is 19.3. The fourth-order valence-electron chi connectivity index (χ4n) is 4.68. The van der Waals surface area contributed by atoms with Gasteiger partial charge in [-0.2, -0.15) is 5.26 Å². The molecule has 0 aromatic heterocycles. The predicted molar refractivity (Wildman–Crippen MR) is 208 cm³/mol. The first kappa shape index (κ1) is 64.9. The molecule has 0 N–H and O–H groups in total. The van der Waals surface area contributed by atoms with Gasteiger partial charge in [-0.25, -0.2) is 0 Å². The minimum Gasteiger partial charge on any atom is -0.459 e. The molecule has 0 saturated carbocycles. The summed E-state index contributed by atoms with van der Waals surface area (Å²) >= 11 is 0. The van der Waals surface area contributed by atoms with Crippen LogP contribution in [0.2, 0.25) is 0 Å². The summed E-state index contributed by atoms with van der Waals surface area (Å²) in [6.45, 7) is 25.0. The van der Waals surface area contributed by atoms with Crippen LogP contribution in [0, 0.1) is 93.9 Å². The Morgan fingerprint density at radius 1 is 0.534 bits per heavy atom. The van der Waals surface area contributed by atoms with E-state index in [1.807, 2.05) is 6.07 Å². The van der Waals surface area contributed by atoms with E-state index in [4.69, 9.17) is 38.0 Å². The second-order valence-electron chi connectivity index (χ2n) is 18.1. The quantitative estimate of drug-likeness (QED) is 0.0488. The molecule has 0 aromatic rings. The van der Waals surface area contributed by atoms with Crippen LogP contribution in [-0.4, -0.2) is 144 Å². The van der Waals surface area contributed by atoms with E-state index in [-0.39, 0.29) is 171 Å². The third-order valence-corrected chi connectivity index (χ3v) is 6.86. The van der Waals surface area contributed by atoms with E-state index in [2.05, 4.69) is 0 Å². The van der Waals surface area contributed by atoms with Crippen molar-refractivity contribution >= 4 is 38.9 Å². The van der Waals surface area contributed by atoms with E-state index in [1.54, 1.807) is 119 Å². The van der Waals surface area contributed by atoms with Gasteiger partial charge in [-0.1, -0.05) is 0 Å². The van der Waals surface area contributed by atoms with Crippen molar-refractivity contribution in [1.82, 2.24) is 14.7 Å². The van der Waals surface area contributed by atoms with Gasteiger partial charge < -0.3 is 32.7 Å². The topological polar surface area (TPSA) is 183 Å². The molecular weight excluding hydrogens is 1080 g/mol. The van der Waals surface area contributed by atoms with Crippen molar-refractivity contribution in [1.29, 1.82) is 5.26 Å². The molecule has 0 aliphatic rings. The zero-order valence-electron chi connectivity index (χ0n) is 37.5. The third-order valence-electron chi connectivity index (χ3n) is 6.25. The van der Waals surface area contributed by atoms with Crippen molar-refractivity contribution in [2.75, 3.05) is 65.6 Å². The summed E-state index contributed by atoms with van der Waals surface area (Å²) in [7, 11) is -0.464. The summed E-state index contributed by atoms with van der Waals surface area (Å²) in [5.74, 6) is -2.87. The number of nitrogens with zero attached hydrogens (tertiary/aromatic N) is 4. The Kier molecular flexibility index (Phi) is 34.0. The first-order chi connectivity index (χ1) is 24.9. The number of carbonyl (C=O) groups excluding carboxylic acids is 5. The van der Waals surface area contributed by atoms with Gasteiger partial charge in [0.1, 0.15) is 28.0 Å². The van der Waals surface area contributed by atoms with E-state index < -0.39 is 72.9 Å². The molecule has 1 unspecified atom stereocenters. The molecule has 0 aliphatic heterocycles. The number of hydrogen-bond donors (Lipinski definition) is 0. The standard InChI is InChI=1S/C38H69N4O12P.Ni.2Pr/c1-34(2,3)50-29(43)22-40(18-19-41(23-30(44)51-35(4,5)6)24-31(45)52-36(7,8)9)21-28(27-49-55-48-20-16-17-39)42(25-32(46)53-37(10,11)12)26-33(47)54-38(13,14)15;;;/h28,55H,16,18-27H2,1-15H3;;;/t28-;;;/m1.../s1. The second kappa shape index (κ2) is 30.4. The van der Waals surface area contributed by atoms with Gasteiger partial charge in [0.05, 0.1) is 58.4 Å². The molecule has 20 heteroatoms. The van der Waals surface area contributed by atoms with Gasteiger partial charge in [0, 0.05) is 125 Å². The van der Waals surface area contributed by atoms with Gasteiger partial charge in [-0.3, -0.25) is 38.7 Å². The minimum atomic E-state index is -0.814. The van der Waals surface area contributed by atoms with Crippen molar-refractivity contribution in [3.8, 4) is 6.07 Å². The largest absolute Gasteiger partial charge is 0.459 e. The number of nitriles is 1. The molecular formula is C38H69N4NiO12PPr2. The van der Waals surface area contributed by atoms with Gasteiger partial charge in [0.2, 0.25) is 0 Å². The maximum Gasteiger partial charge on any atom is 0.320 e. The van der Waals surface area contributed by atoms with Crippen molar-refractivity contribution in [2.24, 2.45) is 0 Å². The molecule has 0 amide bonds. The Hall–Kier alpha value is 0.291. The summed E-state index contributed by atoms with van der Waals surface area (Å²) in [6, 6.07) is 1.26. The number of rotatable bonds is 22. The van der Waals surface area contributed by atoms with Crippen molar-refractivity contribution < 1.29 is 156 Å². The van der Waals surface area contributed by atoms with Crippen molar-refractivity contribution in [3.05, 3.63) is 0 Å². The van der Waals surface area contributed by atoms with Gasteiger partial charge in [-0.15, -0.1) is 0 Å². The number of esters is 5. The SMILES string of the molecule is CC(C)(C)OC(=O)CN(CCN(CC(=O)OC(C)(C)C)C[C@H](COPOCCC#N)N(CC(=O)OC(C)(C)C)CC(=O)OC(C)(C)C)CC(=O)OC(C)(C)C.[Ni].[Pr].[Pr]. The Morgan fingerprint density at radius 2 is 0.845 bits per heavy atom. The summed E-state index contributed by atoms with van der Waals surface area (Å²) in [4.78, 5) is 70.5. The molecule has 0 fully saturated rings. The van der Waals surface area contributed by atoms with Crippen molar-refractivity contribution in [2.45, 2.75) is 144 Å². The smallest absolute Gasteiger partial charge is 0.320 e. The number of hydrogen-bond acceptors (Lipinski definition) is 16. The first-order valence-electron chi connectivity index (χ1n) is 18.5. The van der Waals surface area contributed by atoms with Crippen LogP contribution in [0.25, 0.3) is 0 Å². The maximum atomic E-state index is 13.3. The molecule has 0 heterocycles. The fraction of sp³-hybridized carbons (Fsp3) is 0.842. The fourth-order valence-corrected chi connectivity index (χ4v) is 5.21. The molecule has 58 heavy (non-hydrogen) atoms. The maximum absolute atomic E-state index is 13.3. The molecule has 0 saturated heterocycles. The molecule has 2 atom stereocenters. The van der Waals surface area contributed by atoms with Gasteiger partial charge in [0.15, 0.2) is 9.03 Å². The predicted octanol–water partition coefficient (Wildman–Crippen LogP) is 4.42. The molecule has 0 spiro atoms. The Morgan fingerprint density at radius 3 is 1.17 bits per heavy atom. The van der Waals surface area contributed by atoms with Crippen LogP contribution in [0.15, 0.2) is 0 Å². The average molecular weight is 1150 g/mol. The Labute approximate surface area is 426 Å². The molecule has 334 valence electrons. The van der Waals surface area contributed by atoms with Crippen LogP contribution in [0.4, 0.5) is 0 Å². The third kappa shape index (κ3) is 39.2. The molecule has 0 rings (SSSR count). The van der Waals surface area contributed by atoms with Crippen LogP contribution in [0.3, 0.4) is 0 Å². The van der Waals surface area contributed by atoms with Crippen LogP contribution in [-0.2, 0) is 73.2 Å². The summed E-state index contributed by atoms with van der Waals surface area (Å²) in [5.41, 5.74) is -3.97.